The van der Waals surface area contributed by atoms with E-state index in [0.717, 1.165) is 99.6 Å². The fourth-order valence-corrected chi connectivity index (χ4v) is 14.6. The molecular weight excluding hydrogens is 1710 g/mol. The van der Waals surface area contributed by atoms with E-state index in [1.165, 1.54) is 38.3 Å². The summed E-state index contributed by atoms with van der Waals surface area (Å²) in [6.07, 6.45) is 8.20. The molecule has 10 aromatic rings. The minimum Gasteiger partial charge on any atom is -0.477 e. The summed E-state index contributed by atoms with van der Waals surface area (Å²) in [6.45, 7) is 2.89. The second-order valence-electron chi connectivity index (χ2n) is 30.7. The number of fused-ring (bicyclic) bond motifs is 5. The Bertz CT molecular complexity index is 5570. The fourth-order valence-electron chi connectivity index (χ4n) is 13.8. The van der Waals surface area contributed by atoms with Crippen molar-refractivity contribution in [3.8, 4) is 85.2 Å². The Kier molecular flexibility index (Phi) is 24.0. The summed E-state index contributed by atoms with van der Waals surface area (Å²) in [4.78, 5) is 66.9. The van der Waals surface area contributed by atoms with Gasteiger partial charge in [0.2, 0.25) is 29.4 Å². The molecule has 20 rings (SSSR count). The molecule has 26 nitrogen and oxygen atoms in total. The van der Waals surface area contributed by atoms with Crippen LogP contribution in [0.4, 0.5) is 39.5 Å². The lowest BCUT2D eigenvalue weighted by molar-refractivity contribution is -0.0793. The molecule has 121 heavy (non-hydrogen) atoms. The predicted molar refractivity (Wildman–Crippen MR) is 425 cm³/mol. The van der Waals surface area contributed by atoms with Crippen molar-refractivity contribution >= 4 is 87.5 Å². The largest absolute Gasteiger partial charge is 0.477 e. The summed E-state index contributed by atoms with van der Waals surface area (Å²) in [5.41, 5.74) is 5.73. The van der Waals surface area contributed by atoms with Gasteiger partial charge in [0, 0.05) is 60.0 Å². The molecule has 6 aromatic heterocycles. The van der Waals surface area contributed by atoms with E-state index in [0.29, 0.717) is 84.3 Å². The van der Waals surface area contributed by atoms with Crippen LogP contribution in [0.3, 0.4) is 0 Å². The van der Waals surface area contributed by atoms with Gasteiger partial charge in [-0.05, 0) is 167 Å². The first-order chi connectivity index (χ1) is 58.0. The highest BCUT2D eigenvalue weighted by Crippen LogP contribution is 2.46. The van der Waals surface area contributed by atoms with Gasteiger partial charge in [-0.25, -0.2) is 62.9 Å². The van der Waals surface area contributed by atoms with E-state index in [9.17, 15) is 63.5 Å². The zero-order valence-electron chi connectivity index (χ0n) is 64.3. The molecule has 5 fully saturated rings. The first-order valence-electron chi connectivity index (χ1n) is 38.9. The summed E-state index contributed by atoms with van der Waals surface area (Å²) in [7, 11) is 0. The van der Waals surface area contributed by atoms with Crippen molar-refractivity contribution < 1.29 is 87.2 Å². The molecule has 0 radical (unpaired) electrons. The summed E-state index contributed by atoms with van der Waals surface area (Å²) in [5, 5.41) is 36.1. The second kappa shape index (κ2) is 34.6. The third-order valence-electron chi connectivity index (χ3n) is 20.5. The number of rotatable bonds is 15. The Morgan fingerprint density at radius 1 is 0.413 bits per heavy atom. The molecule has 4 aromatic carbocycles. The van der Waals surface area contributed by atoms with Crippen LogP contribution in [-0.2, 0) is 32.7 Å². The molecule has 5 N–H and O–H groups in total. The van der Waals surface area contributed by atoms with Crippen molar-refractivity contribution in [1.82, 2.24) is 80.5 Å². The van der Waals surface area contributed by atoms with Gasteiger partial charge < -0.3 is 50.3 Å². The van der Waals surface area contributed by atoms with Crippen LogP contribution in [0.5, 0.6) is 29.4 Å². The number of pyridine rings is 1. The molecule has 5 amide bonds. The maximum absolute atomic E-state index is 14.4. The van der Waals surface area contributed by atoms with Crippen LogP contribution >= 0.6 is 58.0 Å². The fraction of sp³-hybridized carbons (Fsp3) is 0.395. The number of hydrogen-bond acceptors (Lipinski definition) is 16. The third kappa shape index (κ3) is 19.0. The van der Waals surface area contributed by atoms with E-state index in [-0.39, 0.29) is 155 Å². The highest BCUT2D eigenvalue weighted by atomic mass is 35.5. The van der Waals surface area contributed by atoms with E-state index >= 15 is 0 Å². The second-order valence-corrected chi connectivity index (χ2v) is 32.8. The zero-order valence-corrected chi connectivity index (χ0v) is 68.0. The van der Waals surface area contributed by atoms with Crippen LogP contribution in [-0.4, -0.2) is 171 Å². The zero-order chi connectivity index (χ0) is 85.1. The minimum absolute atomic E-state index is 0.00370. The van der Waals surface area contributed by atoms with Gasteiger partial charge in [-0.1, -0.05) is 70.1 Å². The quantitative estimate of drug-likeness (QED) is 0.0471. The van der Waals surface area contributed by atoms with Crippen LogP contribution in [0.1, 0.15) is 134 Å². The van der Waals surface area contributed by atoms with Crippen LogP contribution in [0.15, 0.2) is 79.0 Å². The summed E-state index contributed by atoms with van der Waals surface area (Å²) < 4.78 is 158. The average Bonchev–Trinajstić information content (AvgIpc) is 1.62. The lowest BCUT2D eigenvalue weighted by atomic mass is 9.99. The molecule has 11 heterocycles. The Labute approximate surface area is 708 Å². The number of halogens is 14. The van der Waals surface area contributed by atoms with Crippen molar-refractivity contribution in [2.45, 2.75) is 172 Å². The van der Waals surface area contributed by atoms with E-state index in [4.69, 9.17) is 81.7 Å². The van der Waals surface area contributed by atoms with E-state index in [1.807, 2.05) is 0 Å². The van der Waals surface area contributed by atoms with Crippen LogP contribution < -0.4 is 50.3 Å². The molecule has 636 valence electrons. The molecule has 3 atom stereocenters. The number of nitrogens with zero attached hydrogens (tertiary/aromatic N) is 11. The van der Waals surface area contributed by atoms with Gasteiger partial charge in [-0.15, -0.1) is 0 Å². The molecule has 5 saturated carbocycles. The number of nitrogens with one attached hydrogen (secondary N) is 5. The number of hydrogen-bond donors (Lipinski definition) is 5. The Morgan fingerprint density at radius 2 is 0.769 bits per heavy atom. The number of carbonyl (C=O) groups is 5. The van der Waals surface area contributed by atoms with Crippen molar-refractivity contribution in [1.29, 1.82) is 0 Å². The number of alkyl halides is 5. The summed E-state index contributed by atoms with van der Waals surface area (Å²) in [5.74, 6) is -6.66. The van der Waals surface area contributed by atoms with Crippen molar-refractivity contribution in [3.63, 3.8) is 0 Å². The Balaban J connectivity index is 0.000000113. The first kappa shape index (κ1) is 83.9. The minimum atomic E-state index is -3.19. The number of ether oxygens (including phenoxy) is 5. The summed E-state index contributed by atoms with van der Waals surface area (Å²) in [6, 6.07) is 18.4. The maximum Gasteiger partial charge on any atom is 0.300 e. The Morgan fingerprint density at radius 3 is 1.19 bits per heavy atom. The summed E-state index contributed by atoms with van der Waals surface area (Å²) >= 11 is 29.1. The first-order valence-corrected chi connectivity index (χ1v) is 40.8. The maximum atomic E-state index is 14.4. The van der Waals surface area contributed by atoms with Gasteiger partial charge in [0.05, 0.1) is 79.8 Å². The molecule has 5 aliphatic heterocycles. The van der Waals surface area contributed by atoms with E-state index in [1.54, 1.807) is 61.1 Å². The number of aryl methyl sites for hydroxylation is 3. The average molecular weight is 1780 g/mol. The van der Waals surface area contributed by atoms with Gasteiger partial charge in [0.15, 0.2) is 53.6 Å². The number of carbonyl (C=O) groups excluding carboxylic acids is 5. The standard InChI is InChI=1S/2C17H16ClF2N3O2.C16H12ClF4N3O2.C16H15ClFN3O2.C15H15ClN4O2/c2*1-8-4-12(18)13(20)5-11(8)14-15(16(24)21-10-2-3-10)22-23-6-9(19)7-25-17(14)23;17-9-4-10(18)8(3-11(9)19)12-13(14(25)22-7-1-2-7)23-24-5-16(20,21)6-26-15(12)24;17-10-3-1-9(2-4-10)13-14(15(22)19-12-5-6-12)20-21-7-11(18)8-23-16(13)21;16-9-2-5-11(17-8-9)12-13(14(21)18-10-3-4-10)19-20-6-1-7-22-15(12)20/h2*4-5,9-10H,2-3,6-7H2,1H3,(H,21,24);3-4,7H,1-2,5-6H2,(H,22,25);1-4,11-12H,5-8H2,(H,19,22);2,5,8,10H,1,3-4,6-7H2,(H,18,21)/t2*9-;;11-;/m10.1./s1. The SMILES string of the molecule is Cc1cc(Cl)c(F)cc1-c1c(C(=O)NC2CC2)nn2c1OC[C@@H](F)C2.Cc1cc(Cl)c(F)cc1-c1c(C(=O)NC2CC2)nn2c1OC[C@H](F)C2.O=C(NC1CC1)c1nn2c(c1-c1cc(F)c(Cl)cc1F)OCC(F)(F)C2.O=C(NC1CC1)c1nn2c(c1-c1ccc(Cl)cc1)OC[C@H](F)C2.O=C(NC1CC1)c1nn2c(c1-c1ccc(Cl)cn1)OCCC2. The molecule has 40 heteroatoms. The van der Waals surface area contributed by atoms with Gasteiger partial charge in [-0.2, -0.15) is 25.5 Å². The van der Waals surface area contributed by atoms with Crippen molar-refractivity contribution in [3.05, 3.63) is 167 Å². The van der Waals surface area contributed by atoms with Crippen LogP contribution in [0.25, 0.3) is 55.8 Å². The number of benzene rings is 4. The number of amides is 5. The van der Waals surface area contributed by atoms with E-state index in [2.05, 4.69) is 57.1 Å². The van der Waals surface area contributed by atoms with Gasteiger partial charge >= 0.3 is 5.92 Å². The van der Waals surface area contributed by atoms with Gasteiger partial charge in [0.1, 0.15) is 49.6 Å². The number of aromatic nitrogens is 11. The predicted octanol–water partition coefficient (Wildman–Crippen LogP) is 15.0. The van der Waals surface area contributed by atoms with Gasteiger partial charge in [0.25, 0.3) is 29.5 Å². The molecule has 10 aliphatic rings. The highest BCUT2D eigenvalue weighted by molar-refractivity contribution is 6.32. The molecule has 0 bridgehead atoms. The molecule has 0 unspecified atom stereocenters. The third-order valence-corrected chi connectivity index (χ3v) is 21.9. The topological polar surface area (TPSA) is 294 Å². The normalized spacial score (nSPS) is 18.7. The molecule has 5 aliphatic carbocycles. The van der Waals surface area contributed by atoms with Crippen molar-refractivity contribution in [2.75, 3.05) is 33.0 Å². The monoisotopic (exact) mass is 1780 g/mol. The highest BCUT2D eigenvalue weighted by Gasteiger charge is 2.43. The Hall–Kier alpha value is -10.8. The smallest absolute Gasteiger partial charge is 0.300 e. The van der Waals surface area contributed by atoms with Crippen LogP contribution in [0, 0.1) is 37.1 Å². The van der Waals surface area contributed by atoms with Crippen molar-refractivity contribution in [2.24, 2.45) is 0 Å². The lowest BCUT2D eigenvalue weighted by Gasteiger charge is -2.24. The molecule has 0 spiro atoms. The molecule has 0 saturated heterocycles. The van der Waals surface area contributed by atoms with Crippen LogP contribution in [0.2, 0.25) is 25.1 Å². The van der Waals surface area contributed by atoms with Gasteiger partial charge in [-0.3, -0.25) is 29.0 Å². The molecular formula is C81H74Cl5F9N16O10. The lowest BCUT2D eigenvalue weighted by Crippen LogP contribution is -2.36. The van der Waals surface area contributed by atoms with E-state index < -0.39 is 71.8 Å².